The summed E-state index contributed by atoms with van der Waals surface area (Å²) in [5.41, 5.74) is 0.253. The fraction of sp³-hybridized carbons (Fsp3) is 0.846. The predicted octanol–water partition coefficient (Wildman–Crippen LogP) is 1.74. The number of Topliss-reactive ketones (excluding diaryl/α,β-unsaturated/α-hetero) is 2. The highest BCUT2D eigenvalue weighted by atomic mass is 16.5. The molecule has 2 saturated carbocycles. The Morgan fingerprint density at radius 2 is 1.44 bits per heavy atom. The van der Waals surface area contributed by atoms with E-state index in [1.807, 2.05) is 0 Å². The van der Waals surface area contributed by atoms with E-state index in [0.29, 0.717) is 24.4 Å². The number of carbonyl (C=O) groups is 2. The molecule has 0 bridgehead atoms. The molecule has 2 unspecified atom stereocenters. The molecule has 2 atom stereocenters. The van der Waals surface area contributed by atoms with Gasteiger partial charge in [-0.2, -0.15) is 0 Å². The highest BCUT2D eigenvalue weighted by Gasteiger charge is 2.51. The minimum absolute atomic E-state index is 0.0550. The molecule has 0 amide bonds. The Balaban J connectivity index is 1.83. The zero-order chi connectivity index (χ0) is 11.2. The van der Waals surface area contributed by atoms with Gasteiger partial charge in [-0.15, -0.1) is 0 Å². The number of fused-ring (bicyclic) bond motifs is 1. The zero-order valence-corrected chi connectivity index (χ0v) is 9.54. The van der Waals surface area contributed by atoms with Crippen molar-refractivity contribution in [3.63, 3.8) is 0 Å². The van der Waals surface area contributed by atoms with Crippen molar-refractivity contribution in [1.29, 1.82) is 0 Å². The van der Waals surface area contributed by atoms with Crippen molar-refractivity contribution >= 4 is 11.6 Å². The first-order valence-corrected chi connectivity index (χ1v) is 6.33. The number of hydrogen-bond donors (Lipinski definition) is 0. The smallest absolute Gasteiger partial charge is 0.137 e. The van der Waals surface area contributed by atoms with Crippen LogP contribution in [0.25, 0.3) is 0 Å². The van der Waals surface area contributed by atoms with Crippen LogP contribution in [0.3, 0.4) is 0 Å². The summed E-state index contributed by atoms with van der Waals surface area (Å²) in [6, 6.07) is 0. The van der Waals surface area contributed by atoms with Crippen LogP contribution in [0, 0.1) is 17.3 Å². The molecular formula is C13H18O3. The summed E-state index contributed by atoms with van der Waals surface area (Å²) in [7, 11) is 0. The summed E-state index contributed by atoms with van der Waals surface area (Å²) in [4.78, 5) is 23.7. The molecule has 0 N–H and O–H groups in total. The fourth-order valence-corrected chi connectivity index (χ4v) is 3.81. The van der Waals surface area contributed by atoms with Gasteiger partial charge in [-0.05, 0) is 31.1 Å². The molecule has 3 nitrogen and oxygen atoms in total. The predicted molar refractivity (Wildman–Crippen MR) is 57.9 cm³/mol. The van der Waals surface area contributed by atoms with Gasteiger partial charge >= 0.3 is 0 Å². The molecule has 3 rings (SSSR count). The van der Waals surface area contributed by atoms with Crippen LogP contribution >= 0.6 is 0 Å². The number of ether oxygens (including phenoxy) is 1. The van der Waals surface area contributed by atoms with Crippen LogP contribution in [-0.2, 0) is 14.3 Å². The maximum atomic E-state index is 11.9. The first-order chi connectivity index (χ1) is 7.70. The van der Waals surface area contributed by atoms with Crippen molar-refractivity contribution in [2.75, 3.05) is 13.2 Å². The Bertz CT molecular complexity index is 302. The standard InChI is InChI=1S/C13H18O3/c14-11-1-2-12(15)10-8-13(7-9(10)11)3-5-16-6-4-13/h9-10H,1-8H2. The monoisotopic (exact) mass is 222 g/mol. The third kappa shape index (κ3) is 1.53. The molecule has 3 fully saturated rings. The lowest BCUT2D eigenvalue weighted by Crippen LogP contribution is -2.31. The molecule has 0 aromatic rings. The number of rotatable bonds is 0. The normalized spacial score (nSPS) is 37.8. The Kier molecular flexibility index (Phi) is 2.39. The lowest BCUT2D eigenvalue weighted by molar-refractivity contribution is -0.136. The minimum Gasteiger partial charge on any atom is -0.381 e. The second kappa shape index (κ2) is 3.66. The fourth-order valence-electron chi connectivity index (χ4n) is 3.81. The Hall–Kier alpha value is -0.700. The molecule has 1 saturated heterocycles. The molecule has 0 aromatic heterocycles. The van der Waals surface area contributed by atoms with Crippen molar-refractivity contribution in [2.45, 2.75) is 38.5 Å². The topological polar surface area (TPSA) is 43.4 Å². The quantitative estimate of drug-likeness (QED) is 0.627. The van der Waals surface area contributed by atoms with Gasteiger partial charge in [-0.1, -0.05) is 0 Å². The summed E-state index contributed by atoms with van der Waals surface area (Å²) in [6.45, 7) is 1.61. The van der Waals surface area contributed by atoms with Crippen LogP contribution in [0.15, 0.2) is 0 Å². The van der Waals surface area contributed by atoms with E-state index >= 15 is 0 Å². The van der Waals surface area contributed by atoms with E-state index in [2.05, 4.69) is 0 Å². The molecule has 2 aliphatic carbocycles. The third-order valence-electron chi connectivity index (χ3n) is 4.79. The second-order valence-electron chi connectivity index (χ2n) is 5.67. The van der Waals surface area contributed by atoms with Gasteiger partial charge in [0.1, 0.15) is 11.6 Å². The van der Waals surface area contributed by atoms with Crippen molar-refractivity contribution in [3.8, 4) is 0 Å². The first-order valence-electron chi connectivity index (χ1n) is 6.33. The SMILES string of the molecule is O=C1CCC(=O)C2CC3(CCOCC3)CC12. The van der Waals surface area contributed by atoms with Crippen LogP contribution in [0.4, 0.5) is 0 Å². The number of ketones is 2. The van der Waals surface area contributed by atoms with Gasteiger partial charge < -0.3 is 4.74 Å². The van der Waals surface area contributed by atoms with Gasteiger partial charge in [-0.25, -0.2) is 0 Å². The maximum Gasteiger partial charge on any atom is 0.137 e. The van der Waals surface area contributed by atoms with Gasteiger partial charge in [0.05, 0.1) is 0 Å². The van der Waals surface area contributed by atoms with E-state index in [1.54, 1.807) is 0 Å². The zero-order valence-electron chi connectivity index (χ0n) is 9.54. The maximum absolute atomic E-state index is 11.9. The molecule has 3 aliphatic rings. The number of carbonyl (C=O) groups excluding carboxylic acids is 2. The van der Waals surface area contributed by atoms with E-state index in [0.717, 1.165) is 38.9 Å². The van der Waals surface area contributed by atoms with E-state index in [9.17, 15) is 9.59 Å². The molecule has 1 aliphatic heterocycles. The average molecular weight is 222 g/mol. The highest BCUT2D eigenvalue weighted by Crippen LogP contribution is 2.53. The molecule has 0 aromatic carbocycles. The highest BCUT2D eigenvalue weighted by molar-refractivity contribution is 5.96. The largest absolute Gasteiger partial charge is 0.381 e. The molecule has 3 heteroatoms. The van der Waals surface area contributed by atoms with Gasteiger partial charge in [-0.3, -0.25) is 9.59 Å². The van der Waals surface area contributed by atoms with Crippen LogP contribution in [-0.4, -0.2) is 24.8 Å². The van der Waals surface area contributed by atoms with E-state index in [4.69, 9.17) is 4.74 Å². The van der Waals surface area contributed by atoms with Crippen molar-refractivity contribution in [2.24, 2.45) is 17.3 Å². The Labute approximate surface area is 95.5 Å². The Morgan fingerprint density at radius 1 is 0.938 bits per heavy atom. The second-order valence-corrected chi connectivity index (χ2v) is 5.67. The van der Waals surface area contributed by atoms with Gasteiger partial charge in [0.25, 0.3) is 0 Å². The average Bonchev–Trinajstić information content (AvgIpc) is 2.65. The van der Waals surface area contributed by atoms with Crippen molar-refractivity contribution in [1.82, 2.24) is 0 Å². The van der Waals surface area contributed by atoms with Crippen molar-refractivity contribution < 1.29 is 14.3 Å². The summed E-state index contributed by atoms with van der Waals surface area (Å²) < 4.78 is 5.39. The van der Waals surface area contributed by atoms with Crippen LogP contribution in [0.1, 0.15) is 38.5 Å². The van der Waals surface area contributed by atoms with Crippen LogP contribution < -0.4 is 0 Å². The molecule has 1 spiro atoms. The van der Waals surface area contributed by atoms with Crippen molar-refractivity contribution in [3.05, 3.63) is 0 Å². The van der Waals surface area contributed by atoms with Crippen LogP contribution in [0.5, 0.6) is 0 Å². The molecule has 1 heterocycles. The third-order valence-corrected chi connectivity index (χ3v) is 4.79. The lowest BCUT2D eigenvalue weighted by atomic mass is 9.77. The van der Waals surface area contributed by atoms with E-state index < -0.39 is 0 Å². The summed E-state index contributed by atoms with van der Waals surface area (Å²) >= 11 is 0. The van der Waals surface area contributed by atoms with E-state index in [1.165, 1.54) is 0 Å². The summed E-state index contributed by atoms with van der Waals surface area (Å²) in [5.74, 6) is 0.791. The molecular weight excluding hydrogens is 204 g/mol. The molecule has 16 heavy (non-hydrogen) atoms. The van der Waals surface area contributed by atoms with Gasteiger partial charge in [0.2, 0.25) is 0 Å². The van der Waals surface area contributed by atoms with Gasteiger partial charge in [0, 0.05) is 37.9 Å². The molecule has 0 radical (unpaired) electrons. The minimum atomic E-state index is 0.0550. The van der Waals surface area contributed by atoms with Gasteiger partial charge in [0.15, 0.2) is 0 Å². The lowest BCUT2D eigenvalue weighted by Gasteiger charge is -2.33. The summed E-state index contributed by atoms with van der Waals surface area (Å²) in [5, 5.41) is 0. The Morgan fingerprint density at radius 3 is 1.94 bits per heavy atom. The van der Waals surface area contributed by atoms with Crippen LogP contribution in [0.2, 0.25) is 0 Å². The summed E-state index contributed by atoms with van der Waals surface area (Å²) in [6.07, 6.45) is 4.97. The number of hydrogen-bond acceptors (Lipinski definition) is 3. The van der Waals surface area contributed by atoms with E-state index in [-0.39, 0.29) is 17.3 Å². The first kappa shape index (κ1) is 10.5. The molecule has 88 valence electrons.